The minimum atomic E-state index is -4.47. The standard InChI is InChI=1S/C27H33F3N8/c1-17(18-12-19(27(28,29)30)14-20(31)13-18)33-25-22-15-24(37-10-8-36(9-11-37)21-4-2-5-21)32-16-23(22)34-26(35-25)38-6-3-7-38/h12-17,21H,2-11,31H2,1H3,(H,33,34,35)/t17-/m1/s1. The maximum atomic E-state index is 13.4. The fourth-order valence-corrected chi connectivity index (χ4v) is 5.40. The van der Waals surface area contributed by atoms with Crippen LogP contribution in [0.2, 0.25) is 0 Å². The molecule has 4 heterocycles. The van der Waals surface area contributed by atoms with Crippen LogP contribution in [0.4, 0.5) is 36.4 Å². The Morgan fingerprint density at radius 3 is 2.34 bits per heavy atom. The first-order valence-corrected chi connectivity index (χ1v) is 13.4. The van der Waals surface area contributed by atoms with E-state index in [1.807, 2.05) is 13.0 Å². The summed E-state index contributed by atoms with van der Waals surface area (Å²) in [6.07, 6.45) is 2.32. The quantitative estimate of drug-likeness (QED) is 0.448. The van der Waals surface area contributed by atoms with Gasteiger partial charge in [-0.25, -0.2) is 9.97 Å². The summed E-state index contributed by atoms with van der Waals surface area (Å²) in [5.41, 5.74) is 6.29. The third-order valence-electron chi connectivity index (χ3n) is 8.08. The lowest BCUT2D eigenvalue weighted by Crippen LogP contribution is -2.52. The number of aromatic nitrogens is 3. The summed E-state index contributed by atoms with van der Waals surface area (Å²) in [7, 11) is 0. The van der Waals surface area contributed by atoms with Crippen LogP contribution in [0.1, 0.15) is 49.8 Å². The summed E-state index contributed by atoms with van der Waals surface area (Å²) in [4.78, 5) is 21.3. The molecule has 202 valence electrons. The number of nitrogen functional groups attached to an aromatic ring is 1. The largest absolute Gasteiger partial charge is 0.416 e. The minimum absolute atomic E-state index is 0.0739. The van der Waals surface area contributed by atoms with Crippen LogP contribution in [-0.2, 0) is 6.18 Å². The number of benzene rings is 1. The van der Waals surface area contributed by atoms with Crippen molar-refractivity contribution in [2.45, 2.75) is 50.9 Å². The van der Waals surface area contributed by atoms with Gasteiger partial charge in [-0.2, -0.15) is 18.2 Å². The Bertz CT molecular complexity index is 1310. The van der Waals surface area contributed by atoms with Crippen molar-refractivity contribution in [3.05, 3.63) is 41.6 Å². The van der Waals surface area contributed by atoms with E-state index in [2.05, 4.69) is 20.0 Å². The zero-order chi connectivity index (χ0) is 26.4. The van der Waals surface area contributed by atoms with Crippen LogP contribution < -0.4 is 20.9 Å². The van der Waals surface area contributed by atoms with E-state index < -0.39 is 17.8 Å². The van der Waals surface area contributed by atoms with Gasteiger partial charge in [-0.15, -0.1) is 0 Å². The van der Waals surface area contributed by atoms with Crippen molar-refractivity contribution in [2.24, 2.45) is 0 Å². The predicted molar refractivity (Wildman–Crippen MR) is 143 cm³/mol. The van der Waals surface area contributed by atoms with Crippen molar-refractivity contribution >= 4 is 34.2 Å². The predicted octanol–water partition coefficient (Wildman–Crippen LogP) is 4.68. The third-order valence-corrected chi connectivity index (χ3v) is 8.08. The highest BCUT2D eigenvalue weighted by Gasteiger charge is 2.32. The second kappa shape index (κ2) is 9.76. The number of rotatable bonds is 6. The van der Waals surface area contributed by atoms with Gasteiger partial charge in [0.1, 0.15) is 11.6 Å². The molecule has 3 N–H and O–H groups in total. The van der Waals surface area contributed by atoms with Crippen molar-refractivity contribution < 1.29 is 13.2 Å². The lowest BCUT2D eigenvalue weighted by Gasteiger charge is -2.43. The van der Waals surface area contributed by atoms with E-state index in [4.69, 9.17) is 20.7 Å². The van der Waals surface area contributed by atoms with Crippen LogP contribution in [0.3, 0.4) is 0 Å². The van der Waals surface area contributed by atoms with Gasteiger partial charge in [0.25, 0.3) is 0 Å². The monoisotopic (exact) mass is 526 g/mol. The number of alkyl halides is 3. The van der Waals surface area contributed by atoms with Gasteiger partial charge in [-0.05, 0) is 56.0 Å². The van der Waals surface area contributed by atoms with Gasteiger partial charge in [0.05, 0.1) is 23.3 Å². The number of hydrogen-bond donors (Lipinski definition) is 2. The van der Waals surface area contributed by atoms with Crippen LogP contribution in [0, 0.1) is 0 Å². The van der Waals surface area contributed by atoms with Crippen molar-refractivity contribution in [3.63, 3.8) is 0 Å². The molecule has 0 amide bonds. The molecule has 2 saturated heterocycles. The topological polar surface area (TPSA) is 86.4 Å². The molecule has 38 heavy (non-hydrogen) atoms. The number of nitrogens with two attached hydrogens (primary N) is 1. The minimum Gasteiger partial charge on any atom is -0.399 e. The maximum absolute atomic E-state index is 13.4. The molecule has 3 aliphatic rings. The van der Waals surface area contributed by atoms with Crippen LogP contribution in [0.15, 0.2) is 30.5 Å². The van der Waals surface area contributed by atoms with E-state index in [0.717, 1.165) is 75.1 Å². The number of anilines is 4. The maximum Gasteiger partial charge on any atom is 0.416 e. The van der Waals surface area contributed by atoms with Gasteiger partial charge in [-0.1, -0.05) is 6.42 Å². The van der Waals surface area contributed by atoms with Crippen LogP contribution >= 0.6 is 0 Å². The average molecular weight is 527 g/mol. The summed E-state index contributed by atoms with van der Waals surface area (Å²) in [6.45, 7) is 7.42. The zero-order valence-corrected chi connectivity index (χ0v) is 21.5. The molecule has 1 aliphatic carbocycles. The van der Waals surface area contributed by atoms with E-state index in [9.17, 15) is 13.2 Å². The molecule has 0 radical (unpaired) electrons. The third kappa shape index (κ3) is 4.91. The Morgan fingerprint density at radius 1 is 0.947 bits per heavy atom. The molecule has 0 spiro atoms. The van der Waals surface area contributed by atoms with Gasteiger partial charge in [0, 0.05) is 56.4 Å². The highest BCUT2D eigenvalue weighted by molar-refractivity contribution is 5.91. The number of piperazine rings is 1. The van der Waals surface area contributed by atoms with Crippen molar-refractivity contribution in [3.8, 4) is 0 Å². The molecule has 1 atom stereocenters. The first kappa shape index (κ1) is 25.0. The molecule has 8 nitrogen and oxygen atoms in total. The zero-order valence-electron chi connectivity index (χ0n) is 21.5. The number of nitrogens with zero attached hydrogens (tertiary/aromatic N) is 6. The van der Waals surface area contributed by atoms with E-state index in [1.54, 1.807) is 12.3 Å². The molecular formula is C27H33F3N8. The summed E-state index contributed by atoms with van der Waals surface area (Å²) >= 11 is 0. The second-order valence-electron chi connectivity index (χ2n) is 10.6. The Balaban J connectivity index is 1.30. The number of fused-ring (bicyclic) bond motifs is 1. The fourth-order valence-electron chi connectivity index (χ4n) is 5.40. The first-order valence-electron chi connectivity index (χ1n) is 13.4. The molecule has 3 aromatic rings. The van der Waals surface area contributed by atoms with E-state index >= 15 is 0 Å². The molecular weight excluding hydrogens is 493 g/mol. The van der Waals surface area contributed by atoms with Crippen molar-refractivity contribution in [1.29, 1.82) is 0 Å². The van der Waals surface area contributed by atoms with Crippen LogP contribution in [-0.4, -0.2) is 65.2 Å². The number of hydrogen-bond acceptors (Lipinski definition) is 8. The van der Waals surface area contributed by atoms with Gasteiger partial charge >= 0.3 is 6.18 Å². The van der Waals surface area contributed by atoms with E-state index in [-0.39, 0.29) is 5.69 Å². The highest BCUT2D eigenvalue weighted by atomic mass is 19.4. The Morgan fingerprint density at radius 2 is 1.71 bits per heavy atom. The summed E-state index contributed by atoms with van der Waals surface area (Å²) in [5.74, 6) is 2.05. The van der Waals surface area contributed by atoms with Crippen molar-refractivity contribution in [1.82, 2.24) is 19.9 Å². The molecule has 1 aromatic carbocycles. The number of pyridine rings is 1. The van der Waals surface area contributed by atoms with Crippen molar-refractivity contribution in [2.75, 3.05) is 60.1 Å². The molecule has 0 bridgehead atoms. The summed E-state index contributed by atoms with van der Waals surface area (Å²) in [5, 5.41) is 4.16. The Kier molecular flexibility index (Phi) is 6.41. The normalized spacial score (nSPS) is 19.8. The summed E-state index contributed by atoms with van der Waals surface area (Å²) < 4.78 is 40.3. The molecule has 0 unspecified atom stereocenters. The fraction of sp³-hybridized carbons (Fsp3) is 0.519. The van der Waals surface area contributed by atoms with Gasteiger partial charge in [0.2, 0.25) is 5.95 Å². The second-order valence-corrected chi connectivity index (χ2v) is 10.6. The molecule has 11 heteroatoms. The van der Waals surface area contributed by atoms with Gasteiger partial charge in [0.15, 0.2) is 0 Å². The molecule has 2 aliphatic heterocycles. The molecule has 3 fully saturated rings. The lowest BCUT2D eigenvalue weighted by molar-refractivity contribution is -0.137. The van der Waals surface area contributed by atoms with E-state index in [0.29, 0.717) is 22.8 Å². The number of halogens is 3. The highest BCUT2D eigenvalue weighted by Crippen LogP contribution is 2.35. The van der Waals surface area contributed by atoms with Gasteiger partial charge in [-0.3, -0.25) is 4.90 Å². The summed E-state index contributed by atoms with van der Waals surface area (Å²) in [6, 6.07) is 5.94. The lowest BCUT2D eigenvalue weighted by atomic mass is 9.91. The van der Waals surface area contributed by atoms with E-state index in [1.165, 1.54) is 19.3 Å². The van der Waals surface area contributed by atoms with Gasteiger partial charge < -0.3 is 20.9 Å². The molecule has 1 saturated carbocycles. The Labute approximate surface area is 220 Å². The van der Waals surface area contributed by atoms with Crippen LogP contribution in [0.25, 0.3) is 10.9 Å². The molecule has 2 aromatic heterocycles. The molecule has 6 rings (SSSR count). The average Bonchev–Trinajstić information content (AvgIpc) is 2.81. The van der Waals surface area contributed by atoms with Crippen LogP contribution in [0.5, 0.6) is 0 Å². The Hall–Kier alpha value is -3.34. The first-order chi connectivity index (χ1) is 18.2. The number of nitrogens with one attached hydrogen (secondary N) is 1. The smallest absolute Gasteiger partial charge is 0.399 e. The SMILES string of the molecule is C[C@@H](Nc1nc(N2CCC2)nc2cnc(N3CCN(C4CCC4)CC3)cc12)c1cc(N)cc(C(F)(F)F)c1.